The molecule has 0 bridgehead atoms. The number of benzene rings is 1. The Kier molecular flexibility index (Phi) is 1.67. The second-order valence-corrected chi connectivity index (χ2v) is 2.57. The summed E-state index contributed by atoms with van der Waals surface area (Å²) in [4.78, 5) is 4.32. The molecule has 0 unspecified atom stereocenters. The molecular formula is C10H9N2. The molecule has 0 aliphatic rings. The monoisotopic (exact) mass is 157 g/mol. The number of nitrogens with one attached hydrogen (secondary N) is 1. The molecular weight excluding hydrogens is 148 g/mol. The van der Waals surface area contributed by atoms with Crippen LogP contribution in [0.15, 0.2) is 36.4 Å². The van der Waals surface area contributed by atoms with E-state index < -0.39 is 0 Å². The van der Waals surface area contributed by atoms with Gasteiger partial charge in [0, 0.05) is 12.4 Å². The summed E-state index contributed by atoms with van der Waals surface area (Å²) < 4.78 is 0. The predicted octanol–water partition coefficient (Wildman–Crippen LogP) is 2.44. The summed E-state index contributed by atoms with van der Waals surface area (Å²) in [6, 6.07) is 11.9. The Labute approximate surface area is 71.2 Å². The molecule has 1 aromatic carbocycles. The molecule has 0 saturated heterocycles. The molecule has 0 aliphatic heterocycles. The van der Waals surface area contributed by atoms with Crippen LogP contribution >= 0.6 is 0 Å². The molecule has 1 heterocycles. The van der Waals surface area contributed by atoms with Crippen LogP contribution in [0.1, 0.15) is 0 Å². The van der Waals surface area contributed by atoms with Crippen LogP contribution in [0.5, 0.6) is 0 Å². The molecule has 12 heavy (non-hydrogen) atoms. The van der Waals surface area contributed by atoms with Gasteiger partial charge in [0.2, 0.25) is 0 Å². The first-order valence-electron chi connectivity index (χ1n) is 3.79. The minimum atomic E-state index is 0.800. The van der Waals surface area contributed by atoms with Gasteiger partial charge in [0.1, 0.15) is 5.82 Å². The van der Waals surface area contributed by atoms with E-state index in [9.17, 15) is 0 Å². The third-order valence-electron chi connectivity index (χ3n) is 1.78. The molecule has 2 aromatic rings. The molecule has 0 aliphatic carbocycles. The maximum atomic E-state index is 4.32. The van der Waals surface area contributed by atoms with E-state index in [1.54, 1.807) is 0 Å². The Morgan fingerprint density at radius 1 is 1.08 bits per heavy atom. The molecule has 0 fully saturated rings. The lowest BCUT2D eigenvalue weighted by Gasteiger charge is -2.00. The zero-order chi connectivity index (χ0) is 8.39. The smallest absolute Gasteiger partial charge is 0.126 e. The number of pyridine rings is 1. The van der Waals surface area contributed by atoms with Crippen molar-refractivity contribution in [3.05, 3.63) is 43.4 Å². The highest BCUT2D eigenvalue weighted by Crippen LogP contribution is 2.13. The van der Waals surface area contributed by atoms with E-state index in [1.165, 1.54) is 0 Å². The molecule has 1 N–H and O–H groups in total. The molecule has 1 aromatic heterocycles. The van der Waals surface area contributed by atoms with Gasteiger partial charge in [-0.05, 0) is 18.2 Å². The topological polar surface area (TPSA) is 24.9 Å². The highest BCUT2D eigenvalue weighted by atomic mass is 15.0. The highest BCUT2D eigenvalue weighted by molar-refractivity contribution is 5.79. The van der Waals surface area contributed by atoms with Gasteiger partial charge in [0.05, 0.1) is 5.52 Å². The van der Waals surface area contributed by atoms with Crippen LogP contribution in [-0.4, -0.2) is 4.98 Å². The minimum absolute atomic E-state index is 0.800. The second kappa shape index (κ2) is 2.81. The summed E-state index contributed by atoms with van der Waals surface area (Å²) in [7, 11) is 3.55. The number of rotatable bonds is 1. The summed E-state index contributed by atoms with van der Waals surface area (Å²) in [5.74, 6) is 0.800. The Hall–Kier alpha value is -1.57. The van der Waals surface area contributed by atoms with Crippen LogP contribution < -0.4 is 5.32 Å². The van der Waals surface area contributed by atoms with Gasteiger partial charge in [-0.2, -0.15) is 0 Å². The first kappa shape index (κ1) is 7.10. The molecule has 0 saturated carbocycles. The van der Waals surface area contributed by atoms with Crippen LogP contribution in [0, 0.1) is 7.05 Å². The molecule has 59 valence electrons. The van der Waals surface area contributed by atoms with Crippen molar-refractivity contribution in [1.82, 2.24) is 4.98 Å². The van der Waals surface area contributed by atoms with E-state index in [-0.39, 0.29) is 0 Å². The van der Waals surface area contributed by atoms with Gasteiger partial charge in [-0.15, -0.1) is 0 Å². The Balaban J connectivity index is 2.67. The molecule has 0 spiro atoms. The Morgan fingerprint density at radius 2 is 1.92 bits per heavy atom. The molecule has 2 heteroatoms. The van der Waals surface area contributed by atoms with Crippen molar-refractivity contribution in [3.63, 3.8) is 0 Å². The zero-order valence-electron chi connectivity index (χ0n) is 6.62. The number of aromatic nitrogens is 1. The van der Waals surface area contributed by atoms with Crippen molar-refractivity contribution in [2.75, 3.05) is 5.32 Å². The molecule has 1 radical (unpaired) electrons. The Bertz CT molecular complexity index is 396. The van der Waals surface area contributed by atoms with E-state index in [2.05, 4.69) is 17.3 Å². The van der Waals surface area contributed by atoms with Gasteiger partial charge in [0.15, 0.2) is 0 Å². The third kappa shape index (κ3) is 1.11. The van der Waals surface area contributed by atoms with Crippen molar-refractivity contribution in [2.24, 2.45) is 0 Å². The molecule has 0 atom stereocenters. The number of anilines is 1. The van der Waals surface area contributed by atoms with Crippen molar-refractivity contribution in [2.45, 2.75) is 0 Å². The van der Waals surface area contributed by atoms with E-state index in [4.69, 9.17) is 0 Å². The average Bonchev–Trinajstić information content (AvgIpc) is 2.17. The summed E-state index contributed by atoms with van der Waals surface area (Å²) in [5.41, 5.74) is 0.992. The lowest BCUT2D eigenvalue weighted by molar-refractivity contribution is 1.38. The molecule has 0 amide bonds. The predicted molar refractivity (Wildman–Crippen MR) is 50.7 cm³/mol. The highest BCUT2D eigenvalue weighted by Gasteiger charge is 1.93. The summed E-state index contributed by atoms with van der Waals surface area (Å²) in [6.45, 7) is 0. The number of fused-ring (bicyclic) bond motifs is 1. The average molecular weight is 157 g/mol. The van der Waals surface area contributed by atoms with Gasteiger partial charge < -0.3 is 5.32 Å². The Morgan fingerprint density at radius 3 is 2.75 bits per heavy atom. The van der Waals surface area contributed by atoms with E-state index in [1.807, 2.05) is 36.4 Å². The van der Waals surface area contributed by atoms with Gasteiger partial charge in [-0.25, -0.2) is 4.98 Å². The fraction of sp³-hybridized carbons (Fsp3) is 0. The standard InChI is InChI=1S/C10H9N2/c1-11-10-7-6-8-4-2-3-5-9(8)12-10/h2-7H,1H2,(H,11,12). The first-order chi connectivity index (χ1) is 5.90. The van der Waals surface area contributed by atoms with Crippen LogP contribution in [0.25, 0.3) is 10.9 Å². The summed E-state index contributed by atoms with van der Waals surface area (Å²) in [5, 5.41) is 3.91. The van der Waals surface area contributed by atoms with Crippen molar-refractivity contribution in [3.8, 4) is 0 Å². The van der Waals surface area contributed by atoms with Crippen LogP contribution in [0.2, 0.25) is 0 Å². The second-order valence-electron chi connectivity index (χ2n) is 2.57. The largest absolute Gasteiger partial charge is 0.368 e. The quantitative estimate of drug-likeness (QED) is 0.687. The minimum Gasteiger partial charge on any atom is -0.368 e. The van der Waals surface area contributed by atoms with Crippen LogP contribution in [0.3, 0.4) is 0 Å². The summed E-state index contributed by atoms with van der Waals surface area (Å²) >= 11 is 0. The lowest BCUT2D eigenvalue weighted by Crippen LogP contribution is -1.88. The van der Waals surface area contributed by atoms with E-state index in [0.29, 0.717) is 0 Å². The number of hydrogen-bond donors (Lipinski definition) is 1. The van der Waals surface area contributed by atoms with Crippen LogP contribution in [-0.2, 0) is 0 Å². The van der Waals surface area contributed by atoms with E-state index in [0.717, 1.165) is 16.7 Å². The molecule has 2 nitrogen and oxygen atoms in total. The lowest BCUT2D eigenvalue weighted by atomic mass is 10.2. The van der Waals surface area contributed by atoms with E-state index >= 15 is 0 Å². The SMILES string of the molecule is [CH2]Nc1ccc2ccccc2n1. The third-order valence-corrected chi connectivity index (χ3v) is 1.78. The number of para-hydroxylation sites is 1. The fourth-order valence-electron chi connectivity index (χ4n) is 1.16. The van der Waals surface area contributed by atoms with Crippen molar-refractivity contribution < 1.29 is 0 Å². The molecule has 2 rings (SSSR count). The van der Waals surface area contributed by atoms with Gasteiger partial charge >= 0.3 is 0 Å². The van der Waals surface area contributed by atoms with Crippen LogP contribution in [0.4, 0.5) is 5.82 Å². The number of nitrogens with zero attached hydrogens (tertiary/aromatic N) is 1. The van der Waals surface area contributed by atoms with Gasteiger partial charge in [0.25, 0.3) is 0 Å². The number of hydrogen-bond acceptors (Lipinski definition) is 2. The zero-order valence-corrected chi connectivity index (χ0v) is 6.62. The van der Waals surface area contributed by atoms with Gasteiger partial charge in [-0.3, -0.25) is 0 Å². The maximum Gasteiger partial charge on any atom is 0.126 e. The first-order valence-corrected chi connectivity index (χ1v) is 3.79. The maximum absolute atomic E-state index is 4.32. The van der Waals surface area contributed by atoms with Crippen molar-refractivity contribution in [1.29, 1.82) is 0 Å². The van der Waals surface area contributed by atoms with Gasteiger partial charge in [-0.1, -0.05) is 18.2 Å². The fourth-order valence-corrected chi connectivity index (χ4v) is 1.16. The normalized spacial score (nSPS) is 10.1. The summed E-state index contributed by atoms with van der Waals surface area (Å²) in [6.07, 6.45) is 0. The van der Waals surface area contributed by atoms with Crippen molar-refractivity contribution >= 4 is 16.7 Å².